The van der Waals surface area contributed by atoms with Gasteiger partial charge in [0.15, 0.2) is 8.94 Å². The van der Waals surface area contributed by atoms with Crippen molar-refractivity contribution in [2.75, 3.05) is 5.32 Å². The summed E-state index contributed by atoms with van der Waals surface area (Å²) in [6, 6.07) is 10.8. The number of halogens is 2. The van der Waals surface area contributed by atoms with E-state index in [-0.39, 0.29) is 0 Å². The molecule has 1 N–H and O–H groups in total. The number of carbonyl (C=O) groups is 1. The molecule has 2 aromatic rings. The summed E-state index contributed by atoms with van der Waals surface area (Å²) >= 11 is 5.76. The summed E-state index contributed by atoms with van der Waals surface area (Å²) in [5.41, 5.74) is 2.46. The molecular weight excluding hydrogens is 343 g/mol. The Kier molecular flexibility index (Phi) is 5.11. The molecule has 0 heterocycles. The van der Waals surface area contributed by atoms with Crippen LogP contribution in [-0.4, -0.2) is 10.2 Å². The van der Waals surface area contributed by atoms with Gasteiger partial charge < -0.3 is 5.32 Å². The molecule has 0 aliphatic rings. The van der Waals surface area contributed by atoms with Crippen molar-refractivity contribution in [1.82, 2.24) is 0 Å². The zero-order chi connectivity index (χ0) is 16.3. The lowest BCUT2D eigenvalue weighted by Crippen LogP contribution is -2.08. The number of amides is 2. The van der Waals surface area contributed by atoms with Gasteiger partial charge in [-0.25, -0.2) is 9.00 Å². The number of aryl methyl sites for hydroxylation is 2. The molecule has 7 heteroatoms. The van der Waals surface area contributed by atoms with Crippen LogP contribution >= 0.6 is 22.3 Å². The van der Waals surface area contributed by atoms with Crippen LogP contribution in [0.2, 0.25) is 5.02 Å². The van der Waals surface area contributed by atoms with Gasteiger partial charge in [-0.1, -0.05) is 17.7 Å². The molecule has 0 fully saturated rings. The lowest BCUT2D eigenvalue weighted by Gasteiger charge is -2.06. The Bertz CT molecular complexity index is 826. The summed E-state index contributed by atoms with van der Waals surface area (Å²) in [6.45, 7) is 3.80. The molecule has 0 saturated carbocycles. The fourth-order valence-corrected chi connectivity index (χ4v) is 3.23. The first-order valence-corrected chi connectivity index (χ1v) is 9.10. The second kappa shape index (κ2) is 6.69. The fraction of sp³-hybridized carbons (Fsp3) is 0.133. The highest BCUT2D eigenvalue weighted by Crippen LogP contribution is 2.22. The predicted molar refractivity (Wildman–Crippen MR) is 91.1 cm³/mol. The molecule has 0 radical (unpaired) electrons. The van der Waals surface area contributed by atoms with E-state index in [1.807, 2.05) is 13.8 Å². The second-order valence-electron chi connectivity index (χ2n) is 4.73. The number of rotatable bonds is 2. The van der Waals surface area contributed by atoms with Crippen molar-refractivity contribution in [3.8, 4) is 0 Å². The number of urea groups is 1. The average Bonchev–Trinajstić information content (AvgIpc) is 2.43. The highest BCUT2D eigenvalue weighted by atomic mass is 35.7. The van der Waals surface area contributed by atoms with Gasteiger partial charge in [0.25, 0.3) is 0 Å². The summed E-state index contributed by atoms with van der Waals surface area (Å²) < 4.78 is 16.0. The minimum atomic E-state index is -3.32. The van der Waals surface area contributed by atoms with Crippen LogP contribution in [0, 0.1) is 13.8 Å². The first kappa shape index (κ1) is 16.8. The predicted octanol–water partition coefficient (Wildman–Crippen LogP) is 5.17. The number of hydrogen-bond donors (Lipinski definition) is 1. The van der Waals surface area contributed by atoms with Crippen molar-refractivity contribution in [3.05, 3.63) is 58.6 Å². The Morgan fingerprint density at radius 3 is 2.32 bits per heavy atom. The highest BCUT2D eigenvalue weighted by Gasteiger charge is 2.13. The molecule has 2 aromatic carbocycles. The molecule has 116 valence electrons. The quantitative estimate of drug-likeness (QED) is 0.754. The number of hydrogen-bond acceptors (Lipinski definition) is 2. The van der Waals surface area contributed by atoms with Gasteiger partial charge in [-0.05, 0) is 61.4 Å². The molecule has 1 unspecified atom stereocenters. The van der Waals surface area contributed by atoms with Crippen molar-refractivity contribution in [2.24, 2.45) is 4.36 Å². The van der Waals surface area contributed by atoms with E-state index < -0.39 is 15.0 Å². The Labute approximate surface area is 139 Å². The van der Waals surface area contributed by atoms with Crippen LogP contribution in [0.4, 0.5) is 10.5 Å². The van der Waals surface area contributed by atoms with Crippen molar-refractivity contribution >= 4 is 42.9 Å². The first-order chi connectivity index (χ1) is 10.3. The number of anilines is 1. The maximum atomic E-state index is 12.4. The topological polar surface area (TPSA) is 58.5 Å². The van der Waals surface area contributed by atoms with Crippen molar-refractivity contribution < 1.29 is 9.00 Å². The summed E-state index contributed by atoms with van der Waals surface area (Å²) in [7, 11) is 2.63. The zero-order valence-electron chi connectivity index (χ0n) is 12.0. The third kappa shape index (κ3) is 4.22. The third-order valence-electron chi connectivity index (χ3n) is 3.06. The van der Waals surface area contributed by atoms with Gasteiger partial charge in [0, 0.05) is 21.4 Å². The molecule has 22 heavy (non-hydrogen) atoms. The fourth-order valence-electron chi connectivity index (χ4n) is 1.71. The van der Waals surface area contributed by atoms with E-state index in [0.717, 1.165) is 11.1 Å². The molecule has 4 nitrogen and oxygen atoms in total. The molecular formula is C15H14Cl2N2O2S. The number of nitrogens with one attached hydrogen (secondary N) is 1. The van der Waals surface area contributed by atoms with E-state index in [0.29, 0.717) is 15.6 Å². The van der Waals surface area contributed by atoms with E-state index in [4.69, 9.17) is 22.3 Å². The van der Waals surface area contributed by atoms with Crippen molar-refractivity contribution in [1.29, 1.82) is 0 Å². The van der Waals surface area contributed by atoms with Crippen LogP contribution in [0.3, 0.4) is 0 Å². The van der Waals surface area contributed by atoms with Gasteiger partial charge >= 0.3 is 6.03 Å². The minimum absolute atomic E-state index is 0.309. The summed E-state index contributed by atoms with van der Waals surface area (Å²) in [6.07, 6.45) is 0. The van der Waals surface area contributed by atoms with Crippen LogP contribution < -0.4 is 5.32 Å². The van der Waals surface area contributed by atoms with E-state index in [9.17, 15) is 9.00 Å². The maximum Gasteiger partial charge on any atom is 0.354 e. The molecule has 0 bridgehead atoms. The lowest BCUT2D eigenvalue weighted by atomic mass is 10.1. The average molecular weight is 357 g/mol. The minimum Gasteiger partial charge on any atom is -0.306 e. The smallest absolute Gasteiger partial charge is 0.306 e. The second-order valence-corrected chi connectivity index (χ2v) is 7.99. The van der Waals surface area contributed by atoms with Crippen LogP contribution in [0.1, 0.15) is 11.1 Å². The molecule has 0 spiro atoms. The first-order valence-electron chi connectivity index (χ1n) is 6.38. The van der Waals surface area contributed by atoms with Crippen LogP contribution in [0.5, 0.6) is 0 Å². The van der Waals surface area contributed by atoms with E-state index in [1.54, 1.807) is 42.5 Å². The molecule has 0 aliphatic heterocycles. The van der Waals surface area contributed by atoms with Gasteiger partial charge in [-0.2, -0.15) is 0 Å². The Morgan fingerprint density at radius 1 is 1.09 bits per heavy atom. The molecule has 2 amide bonds. The van der Waals surface area contributed by atoms with Gasteiger partial charge in [0.2, 0.25) is 0 Å². The number of carbonyl (C=O) groups excluding carboxylic acids is 1. The van der Waals surface area contributed by atoms with Gasteiger partial charge in [0.1, 0.15) is 0 Å². The molecule has 0 saturated heterocycles. The number of benzene rings is 2. The molecule has 0 aromatic heterocycles. The summed E-state index contributed by atoms with van der Waals surface area (Å²) in [4.78, 5) is 12.2. The Balaban J connectivity index is 2.25. The SMILES string of the molecule is Cc1ccc(S(=O)(Cl)=NC(=O)Nc2ccc(Cl)cc2)cc1C. The maximum absolute atomic E-state index is 12.4. The third-order valence-corrected chi connectivity index (χ3v) is 5.29. The molecule has 1 atom stereocenters. The van der Waals surface area contributed by atoms with E-state index in [1.165, 1.54) is 0 Å². The summed E-state index contributed by atoms with van der Waals surface area (Å²) in [5, 5.41) is 3.04. The normalized spacial score (nSPS) is 13.3. The van der Waals surface area contributed by atoms with Crippen LogP contribution in [0.25, 0.3) is 0 Å². The summed E-state index contributed by atoms with van der Waals surface area (Å²) in [5.74, 6) is 0. The van der Waals surface area contributed by atoms with E-state index >= 15 is 0 Å². The van der Waals surface area contributed by atoms with Gasteiger partial charge in [-0.3, -0.25) is 0 Å². The monoisotopic (exact) mass is 356 g/mol. The molecule has 0 aliphatic carbocycles. The molecule has 2 rings (SSSR count). The van der Waals surface area contributed by atoms with E-state index in [2.05, 4.69) is 9.68 Å². The van der Waals surface area contributed by atoms with Gasteiger partial charge in [-0.15, -0.1) is 4.36 Å². The lowest BCUT2D eigenvalue weighted by molar-refractivity contribution is 0.260. The van der Waals surface area contributed by atoms with Gasteiger partial charge in [0.05, 0.1) is 4.90 Å². The Hall–Kier alpha value is -1.56. The standard InChI is InChI=1S/C15H14Cl2N2O2S/c1-10-3-8-14(9-11(10)2)22(17,21)19-15(20)18-13-6-4-12(16)5-7-13/h3-9H,1-2H3,(H,18,20). The zero-order valence-corrected chi connectivity index (χ0v) is 14.3. The highest BCUT2D eigenvalue weighted by molar-refractivity contribution is 8.15. The van der Waals surface area contributed by atoms with Crippen LogP contribution in [-0.2, 0) is 8.94 Å². The Morgan fingerprint density at radius 2 is 1.73 bits per heavy atom. The van der Waals surface area contributed by atoms with Crippen LogP contribution in [0.15, 0.2) is 51.7 Å². The number of nitrogens with zero attached hydrogens (tertiary/aromatic N) is 1. The van der Waals surface area contributed by atoms with Crippen molar-refractivity contribution in [2.45, 2.75) is 18.7 Å². The van der Waals surface area contributed by atoms with Crippen molar-refractivity contribution in [3.63, 3.8) is 0 Å². The largest absolute Gasteiger partial charge is 0.354 e.